The first kappa shape index (κ1) is 21.8. The fraction of sp³-hybridized carbons (Fsp3) is 0.348. The van der Waals surface area contributed by atoms with Crippen molar-refractivity contribution in [2.75, 3.05) is 10.7 Å². The first-order valence-electron chi connectivity index (χ1n) is 10.8. The number of benzene rings is 2. The van der Waals surface area contributed by atoms with E-state index in [0.717, 1.165) is 43.7 Å². The molecule has 1 spiro atoms. The summed E-state index contributed by atoms with van der Waals surface area (Å²) in [7, 11) is 0. The molecule has 2 heterocycles. The number of thioether (sulfide) groups is 1. The molecule has 5 rings (SSSR count). The predicted molar refractivity (Wildman–Crippen MR) is 120 cm³/mol. The number of halogens is 3. The molecule has 10 heteroatoms. The Morgan fingerprint density at radius 1 is 1.03 bits per heavy atom. The summed E-state index contributed by atoms with van der Waals surface area (Å²) in [5.41, 5.74) is 2.68. The SMILES string of the molecule is O=C(Nc1ccccc1C(F)(F)F)C1Sc2nnc(-c3ccccc3)n2NC12CCCCC2. The normalized spacial score (nSPS) is 19.5. The molecule has 1 saturated carbocycles. The van der Waals surface area contributed by atoms with Gasteiger partial charge < -0.3 is 10.7 Å². The van der Waals surface area contributed by atoms with Crippen LogP contribution in [0.15, 0.2) is 59.8 Å². The maximum absolute atomic E-state index is 13.5. The number of carbonyl (C=O) groups excluding carboxylic acids is 1. The van der Waals surface area contributed by atoms with Gasteiger partial charge in [0.15, 0.2) is 5.82 Å². The fourth-order valence-electron chi connectivity index (χ4n) is 4.62. The zero-order chi connectivity index (χ0) is 23.1. The Kier molecular flexibility index (Phi) is 5.55. The number of hydrogen-bond donors (Lipinski definition) is 2. The summed E-state index contributed by atoms with van der Waals surface area (Å²) in [6.07, 6.45) is -0.200. The Hall–Kier alpha value is -3.01. The van der Waals surface area contributed by atoms with Crippen molar-refractivity contribution in [2.45, 2.75) is 54.2 Å². The van der Waals surface area contributed by atoms with Crippen molar-refractivity contribution in [3.63, 3.8) is 0 Å². The van der Waals surface area contributed by atoms with E-state index in [4.69, 9.17) is 0 Å². The van der Waals surface area contributed by atoms with Gasteiger partial charge in [0.2, 0.25) is 11.1 Å². The van der Waals surface area contributed by atoms with Crippen LogP contribution in [0.5, 0.6) is 0 Å². The molecule has 0 radical (unpaired) electrons. The van der Waals surface area contributed by atoms with E-state index in [1.807, 2.05) is 35.0 Å². The molecule has 1 fully saturated rings. The highest BCUT2D eigenvalue weighted by molar-refractivity contribution is 8.00. The van der Waals surface area contributed by atoms with Crippen molar-refractivity contribution in [1.82, 2.24) is 14.9 Å². The Balaban J connectivity index is 1.49. The van der Waals surface area contributed by atoms with E-state index in [0.29, 0.717) is 11.0 Å². The molecule has 1 aliphatic carbocycles. The maximum atomic E-state index is 13.5. The van der Waals surface area contributed by atoms with Gasteiger partial charge in [-0.15, -0.1) is 10.2 Å². The Bertz CT molecular complexity index is 1160. The topological polar surface area (TPSA) is 71.8 Å². The van der Waals surface area contributed by atoms with Gasteiger partial charge in [0.25, 0.3) is 0 Å². The van der Waals surface area contributed by atoms with E-state index >= 15 is 0 Å². The number of anilines is 1. The third kappa shape index (κ3) is 4.07. The molecule has 6 nitrogen and oxygen atoms in total. The molecule has 172 valence electrons. The van der Waals surface area contributed by atoms with Crippen LogP contribution >= 0.6 is 11.8 Å². The summed E-state index contributed by atoms with van der Waals surface area (Å²) in [4.78, 5) is 13.4. The van der Waals surface area contributed by atoms with Crippen molar-refractivity contribution in [3.05, 3.63) is 60.2 Å². The average Bonchev–Trinajstić information content (AvgIpc) is 3.21. The molecule has 1 amide bonds. The zero-order valence-corrected chi connectivity index (χ0v) is 18.4. The lowest BCUT2D eigenvalue weighted by Crippen LogP contribution is -2.59. The second kappa shape index (κ2) is 8.40. The van der Waals surface area contributed by atoms with Crippen molar-refractivity contribution in [3.8, 4) is 11.4 Å². The number of aromatic nitrogens is 3. The standard InChI is InChI=1S/C23H22F3N5OS/c24-23(25,26)16-11-5-6-12-17(16)27-20(32)18-22(13-7-2-8-14-22)30-31-19(28-29-21(31)33-18)15-9-3-1-4-10-15/h1,3-6,9-12,18,30H,2,7-8,13-14H2,(H,27,32). The number of rotatable bonds is 3. The molecule has 1 aromatic heterocycles. The quantitative estimate of drug-likeness (QED) is 0.539. The van der Waals surface area contributed by atoms with Gasteiger partial charge in [-0.2, -0.15) is 13.2 Å². The van der Waals surface area contributed by atoms with Crippen molar-refractivity contribution >= 4 is 23.4 Å². The molecule has 3 aromatic rings. The van der Waals surface area contributed by atoms with Crippen LogP contribution in [0.4, 0.5) is 18.9 Å². The lowest BCUT2D eigenvalue weighted by molar-refractivity contribution is -0.137. The minimum atomic E-state index is -4.56. The second-order valence-electron chi connectivity index (χ2n) is 8.37. The highest BCUT2D eigenvalue weighted by Gasteiger charge is 2.49. The van der Waals surface area contributed by atoms with Crippen LogP contribution in [0.1, 0.15) is 37.7 Å². The summed E-state index contributed by atoms with van der Waals surface area (Å²) in [5.74, 6) is 0.172. The van der Waals surface area contributed by atoms with Gasteiger partial charge in [-0.05, 0) is 25.0 Å². The van der Waals surface area contributed by atoms with Crippen LogP contribution in [-0.4, -0.2) is 31.6 Å². The van der Waals surface area contributed by atoms with E-state index in [9.17, 15) is 18.0 Å². The third-order valence-corrected chi connectivity index (χ3v) is 7.58. The minimum Gasteiger partial charge on any atom is -0.324 e. The van der Waals surface area contributed by atoms with Gasteiger partial charge in [0.05, 0.1) is 16.8 Å². The number of para-hydroxylation sites is 1. The van der Waals surface area contributed by atoms with E-state index < -0.39 is 28.4 Å². The number of carbonyl (C=O) groups is 1. The molecule has 33 heavy (non-hydrogen) atoms. The molecular formula is C23H22F3N5OS. The third-order valence-electron chi connectivity index (χ3n) is 6.20. The molecule has 2 N–H and O–H groups in total. The van der Waals surface area contributed by atoms with Crippen LogP contribution in [-0.2, 0) is 11.0 Å². The number of amides is 1. The summed E-state index contributed by atoms with van der Waals surface area (Å²) < 4.78 is 42.2. The van der Waals surface area contributed by atoms with E-state index in [1.165, 1.54) is 30.0 Å². The first-order valence-corrected chi connectivity index (χ1v) is 11.7. The zero-order valence-electron chi connectivity index (χ0n) is 17.6. The first-order chi connectivity index (χ1) is 15.9. The highest BCUT2D eigenvalue weighted by atomic mass is 32.2. The second-order valence-corrected chi connectivity index (χ2v) is 9.44. The molecule has 2 aliphatic rings. The fourth-order valence-corrected chi connectivity index (χ4v) is 5.84. The number of hydrogen-bond acceptors (Lipinski definition) is 5. The summed E-state index contributed by atoms with van der Waals surface area (Å²) >= 11 is 1.25. The van der Waals surface area contributed by atoms with Crippen LogP contribution in [0.2, 0.25) is 0 Å². The summed E-state index contributed by atoms with van der Waals surface area (Å²) in [6, 6.07) is 14.7. The van der Waals surface area contributed by atoms with E-state index in [-0.39, 0.29) is 5.69 Å². The maximum Gasteiger partial charge on any atom is 0.418 e. The lowest BCUT2D eigenvalue weighted by atomic mass is 9.79. The van der Waals surface area contributed by atoms with Crippen LogP contribution in [0, 0.1) is 0 Å². The van der Waals surface area contributed by atoms with Gasteiger partial charge in [-0.25, -0.2) is 4.68 Å². The smallest absolute Gasteiger partial charge is 0.324 e. The monoisotopic (exact) mass is 473 g/mol. The van der Waals surface area contributed by atoms with E-state index in [2.05, 4.69) is 20.9 Å². The van der Waals surface area contributed by atoms with Crippen LogP contribution < -0.4 is 10.7 Å². The van der Waals surface area contributed by atoms with Crippen molar-refractivity contribution in [2.24, 2.45) is 0 Å². The summed E-state index contributed by atoms with van der Waals surface area (Å²) in [5, 5.41) is 11.0. The molecule has 0 bridgehead atoms. The van der Waals surface area contributed by atoms with Crippen molar-refractivity contribution < 1.29 is 18.0 Å². The Morgan fingerprint density at radius 3 is 2.45 bits per heavy atom. The number of fused-ring (bicyclic) bond motifs is 1. The van der Waals surface area contributed by atoms with Crippen LogP contribution in [0.3, 0.4) is 0 Å². The van der Waals surface area contributed by atoms with Gasteiger partial charge in [-0.3, -0.25) is 4.79 Å². The average molecular weight is 474 g/mol. The van der Waals surface area contributed by atoms with Gasteiger partial charge in [0.1, 0.15) is 5.25 Å². The van der Waals surface area contributed by atoms with Crippen LogP contribution in [0.25, 0.3) is 11.4 Å². The number of alkyl halides is 3. The Morgan fingerprint density at radius 2 is 1.73 bits per heavy atom. The van der Waals surface area contributed by atoms with E-state index in [1.54, 1.807) is 0 Å². The summed E-state index contributed by atoms with van der Waals surface area (Å²) in [6.45, 7) is 0. The predicted octanol–water partition coefficient (Wildman–Crippen LogP) is 5.32. The molecule has 1 atom stereocenters. The molecule has 1 unspecified atom stereocenters. The molecule has 2 aromatic carbocycles. The molecular weight excluding hydrogens is 451 g/mol. The molecule has 0 saturated heterocycles. The van der Waals surface area contributed by atoms with Crippen molar-refractivity contribution in [1.29, 1.82) is 0 Å². The Labute approximate surface area is 192 Å². The largest absolute Gasteiger partial charge is 0.418 e. The van der Waals surface area contributed by atoms with Gasteiger partial charge in [0, 0.05) is 5.56 Å². The van der Waals surface area contributed by atoms with Gasteiger partial charge in [-0.1, -0.05) is 73.5 Å². The molecule has 1 aliphatic heterocycles. The highest BCUT2D eigenvalue weighted by Crippen LogP contribution is 2.45. The van der Waals surface area contributed by atoms with Gasteiger partial charge >= 0.3 is 6.18 Å². The number of nitrogens with zero attached hydrogens (tertiary/aromatic N) is 3. The lowest BCUT2D eigenvalue weighted by Gasteiger charge is -2.46. The number of nitrogens with one attached hydrogen (secondary N) is 2. The minimum absolute atomic E-state index is 0.237.